The number of carboxylic acid groups (broad SMARTS) is 1. The highest BCUT2D eigenvalue weighted by Gasteiger charge is 2.15. The lowest BCUT2D eigenvalue weighted by atomic mass is 10.00. The predicted molar refractivity (Wildman–Crippen MR) is 70.4 cm³/mol. The number of hydrogen-bond acceptors (Lipinski definition) is 3. The standard InChI is InChI=1S/C13H16ClNO3/c14-10-1-2-11(13(16)17)12(7-10)15-8-9-3-5-18-6-4-9/h1-2,7,9,15H,3-6,8H2,(H,16,17). The van der Waals surface area contributed by atoms with Gasteiger partial charge < -0.3 is 15.2 Å². The van der Waals surface area contributed by atoms with Crippen molar-refractivity contribution in [2.45, 2.75) is 12.8 Å². The van der Waals surface area contributed by atoms with Crippen molar-refractivity contribution in [3.8, 4) is 0 Å². The van der Waals surface area contributed by atoms with Gasteiger partial charge in [-0.25, -0.2) is 4.79 Å². The largest absolute Gasteiger partial charge is 0.478 e. The lowest BCUT2D eigenvalue weighted by Crippen LogP contribution is -2.23. The third kappa shape index (κ3) is 3.37. The number of nitrogens with one attached hydrogen (secondary N) is 1. The van der Waals surface area contributed by atoms with Gasteiger partial charge >= 0.3 is 5.97 Å². The summed E-state index contributed by atoms with van der Waals surface area (Å²) in [6.45, 7) is 2.32. The van der Waals surface area contributed by atoms with Gasteiger partial charge in [0.15, 0.2) is 0 Å². The Balaban J connectivity index is 2.03. The van der Waals surface area contributed by atoms with Crippen LogP contribution in [0.4, 0.5) is 5.69 Å². The van der Waals surface area contributed by atoms with Gasteiger partial charge in [-0.05, 0) is 37.0 Å². The molecule has 4 nitrogen and oxygen atoms in total. The monoisotopic (exact) mass is 269 g/mol. The molecule has 0 spiro atoms. The van der Waals surface area contributed by atoms with Crippen molar-refractivity contribution in [1.82, 2.24) is 0 Å². The van der Waals surface area contributed by atoms with Gasteiger partial charge in [0.2, 0.25) is 0 Å². The maximum Gasteiger partial charge on any atom is 0.337 e. The smallest absolute Gasteiger partial charge is 0.337 e. The molecule has 1 fully saturated rings. The molecule has 2 N–H and O–H groups in total. The molecule has 0 radical (unpaired) electrons. The van der Waals surface area contributed by atoms with Gasteiger partial charge in [-0.1, -0.05) is 11.6 Å². The SMILES string of the molecule is O=C(O)c1ccc(Cl)cc1NCC1CCOCC1. The van der Waals surface area contributed by atoms with Crippen molar-refractivity contribution < 1.29 is 14.6 Å². The Morgan fingerprint density at radius 1 is 1.44 bits per heavy atom. The molecule has 0 aliphatic carbocycles. The van der Waals surface area contributed by atoms with Gasteiger partial charge in [-0.2, -0.15) is 0 Å². The molecule has 1 aliphatic heterocycles. The summed E-state index contributed by atoms with van der Waals surface area (Å²) in [5.41, 5.74) is 0.841. The summed E-state index contributed by atoms with van der Waals surface area (Å²) in [7, 11) is 0. The summed E-state index contributed by atoms with van der Waals surface area (Å²) in [6, 6.07) is 4.77. The summed E-state index contributed by atoms with van der Waals surface area (Å²) in [5, 5.41) is 12.8. The first-order chi connectivity index (χ1) is 8.66. The Hall–Kier alpha value is -1.26. The second-order valence-corrected chi connectivity index (χ2v) is 4.87. The number of anilines is 1. The first-order valence-electron chi connectivity index (χ1n) is 6.01. The maximum atomic E-state index is 11.1. The van der Waals surface area contributed by atoms with E-state index < -0.39 is 5.97 Å². The molecule has 0 unspecified atom stereocenters. The van der Waals surface area contributed by atoms with Crippen molar-refractivity contribution in [3.63, 3.8) is 0 Å². The van der Waals surface area contributed by atoms with Gasteiger partial charge in [-0.3, -0.25) is 0 Å². The predicted octanol–water partition coefficient (Wildman–Crippen LogP) is 2.88. The zero-order chi connectivity index (χ0) is 13.0. The highest BCUT2D eigenvalue weighted by atomic mass is 35.5. The van der Waals surface area contributed by atoms with Crippen LogP contribution in [-0.4, -0.2) is 30.8 Å². The molecule has 0 saturated carbocycles. The molecule has 98 valence electrons. The quantitative estimate of drug-likeness (QED) is 0.882. The van der Waals surface area contributed by atoms with Crippen molar-refractivity contribution in [2.24, 2.45) is 5.92 Å². The summed E-state index contributed by atoms with van der Waals surface area (Å²) in [5.74, 6) is -0.416. The van der Waals surface area contributed by atoms with Crippen LogP contribution in [0.2, 0.25) is 5.02 Å². The Morgan fingerprint density at radius 2 is 2.17 bits per heavy atom. The molecule has 0 bridgehead atoms. The molecule has 0 aromatic heterocycles. The van der Waals surface area contributed by atoms with E-state index in [1.54, 1.807) is 12.1 Å². The molecular formula is C13H16ClNO3. The molecule has 1 aromatic carbocycles. The fourth-order valence-electron chi connectivity index (χ4n) is 2.05. The number of aromatic carboxylic acids is 1. The number of ether oxygens (including phenoxy) is 1. The molecule has 1 aromatic rings. The second-order valence-electron chi connectivity index (χ2n) is 4.43. The van der Waals surface area contributed by atoms with E-state index in [0.717, 1.165) is 32.6 Å². The highest BCUT2D eigenvalue weighted by Crippen LogP contribution is 2.23. The highest BCUT2D eigenvalue weighted by molar-refractivity contribution is 6.31. The number of hydrogen-bond donors (Lipinski definition) is 2. The van der Waals surface area contributed by atoms with E-state index in [9.17, 15) is 4.79 Å². The second kappa shape index (κ2) is 6.07. The van der Waals surface area contributed by atoms with Gasteiger partial charge in [0.25, 0.3) is 0 Å². The minimum absolute atomic E-state index is 0.256. The van der Waals surface area contributed by atoms with Crippen LogP contribution in [0, 0.1) is 5.92 Å². The average molecular weight is 270 g/mol. The van der Waals surface area contributed by atoms with E-state index in [1.807, 2.05) is 0 Å². The minimum Gasteiger partial charge on any atom is -0.478 e. The first-order valence-corrected chi connectivity index (χ1v) is 6.39. The Kier molecular flexibility index (Phi) is 4.44. The molecule has 5 heteroatoms. The van der Waals surface area contributed by atoms with Crippen molar-refractivity contribution in [3.05, 3.63) is 28.8 Å². The van der Waals surface area contributed by atoms with Crippen LogP contribution < -0.4 is 5.32 Å². The van der Waals surface area contributed by atoms with E-state index in [2.05, 4.69) is 5.32 Å². The number of carbonyl (C=O) groups is 1. The van der Waals surface area contributed by atoms with Crippen LogP contribution in [0.5, 0.6) is 0 Å². The van der Waals surface area contributed by atoms with Crippen molar-refractivity contribution >= 4 is 23.3 Å². The fraction of sp³-hybridized carbons (Fsp3) is 0.462. The lowest BCUT2D eigenvalue weighted by molar-refractivity contribution is 0.0689. The Morgan fingerprint density at radius 3 is 2.83 bits per heavy atom. The van der Waals surface area contributed by atoms with Crippen molar-refractivity contribution in [2.75, 3.05) is 25.1 Å². The molecule has 1 saturated heterocycles. The zero-order valence-electron chi connectivity index (χ0n) is 9.99. The van der Waals surface area contributed by atoms with E-state index >= 15 is 0 Å². The van der Waals surface area contributed by atoms with E-state index in [1.165, 1.54) is 6.07 Å². The molecular weight excluding hydrogens is 254 g/mol. The molecule has 2 rings (SSSR count). The van der Waals surface area contributed by atoms with E-state index in [0.29, 0.717) is 16.6 Å². The van der Waals surface area contributed by atoms with Crippen LogP contribution in [0.25, 0.3) is 0 Å². The first kappa shape index (κ1) is 13.2. The lowest BCUT2D eigenvalue weighted by Gasteiger charge is -2.23. The molecule has 0 atom stereocenters. The summed E-state index contributed by atoms with van der Waals surface area (Å²) in [4.78, 5) is 11.1. The fourth-order valence-corrected chi connectivity index (χ4v) is 2.23. The molecule has 1 aliphatic rings. The number of benzene rings is 1. The number of rotatable bonds is 4. The third-order valence-electron chi connectivity index (χ3n) is 3.13. The van der Waals surface area contributed by atoms with Gasteiger partial charge in [-0.15, -0.1) is 0 Å². The van der Waals surface area contributed by atoms with Gasteiger partial charge in [0, 0.05) is 24.8 Å². The van der Waals surface area contributed by atoms with E-state index in [4.69, 9.17) is 21.4 Å². The molecule has 1 heterocycles. The number of halogens is 1. The maximum absolute atomic E-state index is 11.1. The Labute approximate surface area is 111 Å². The molecule has 18 heavy (non-hydrogen) atoms. The number of carboxylic acids is 1. The topological polar surface area (TPSA) is 58.6 Å². The van der Waals surface area contributed by atoms with Crippen LogP contribution in [0.3, 0.4) is 0 Å². The zero-order valence-corrected chi connectivity index (χ0v) is 10.7. The van der Waals surface area contributed by atoms with Gasteiger partial charge in [0.1, 0.15) is 0 Å². The van der Waals surface area contributed by atoms with Gasteiger partial charge in [0.05, 0.1) is 11.3 Å². The van der Waals surface area contributed by atoms with Crippen LogP contribution in [0.15, 0.2) is 18.2 Å². The van der Waals surface area contributed by atoms with Crippen LogP contribution >= 0.6 is 11.6 Å². The summed E-state index contributed by atoms with van der Waals surface area (Å²) < 4.78 is 5.29. The van der Waals surface area contributed by atoms with Crippen LogP contribution in [0.1, 0.15) is 23.2 Å². The molecule has 0 amide bonds. The van der Waals surface area contributed by atoms with Crippen molar-refractivity contribution in [1.29, 1.82) is 0 Å². The Bertz CT molecular complexity index is 430. The minimum atomic E-state index is -0.943. The summed E-state index contributed by atoms with van der Waals surface area (Å²) >= 11 is 5.89. The average Bonchev–Trinajstić information content (AvgIpc) is 2.37. The summed E-state index contributed by atoms with van der Waals surface area (Å²) in [6.07, 6.45) is 2.02. The van der Waals surface area contributed by atoms with E-state index in [-0.39, 0.29) is 5.56 Å². The third-order valence-corrected chi connectivity index (χ3v) is 3.37. The normalized spacial score (nSPS) is 16.5. The van der Waals surface area contributed by atoms with Crippen LogP contribution in [-0.2, 0) is 4.74 Å².